The second kappa shape index (κ2) is 5.22. The molecule has 22 heavy (non-hydrogen) atoms. The quantitative estimate of drug-likeness (QED) is 0.802. The summed E-state index contributed by atoms with van der Waals surface area (Å²) in [5.74, 6) is 1.95. The number of rotatable bonds is 3. The fourth-order valence-electron chi connectivity index (χ4n) is 2.91. The summed E-state index contributed by atoms with van der Waals surface area (Å²) in [7, 11) is 1.68. The van der Waals surface area contributed by atoms with Crippen LogP contribution in [-0.4, -0.2) is 23.4 Å². The first-order chi connectivity index (χ1) is 10.9. The van der Waals surface area contributed by atoms with Gasteiger partial charge in [0.1, 0.15) is 11.6 Å². The van der Waals surface area contributed by atoms with Crippen LogP contribution in [0.3, 0.4) is 0 Å². The molecule has 2 aromatic carbocycles. The molecule has 0 fully saturated rings. The van der Waals surface area contributed by atoms with Crippen LogP contribution in [0.4, 0.5) is 5.82 Å². The normalized spacial score (nSPS) is 12.8. The Morgan fingerprint density at radius 2 is 1.82 bits per heavy atom. The second-order valence-electron chi connectivity index (χ2n) is 5.33. The molecule has 0 unspecified atom stereocenters. The summed E-state index contributed by atoms with van der Waals surface area (Å²) < 4.78 is 7.22. The summed E-state index contributed by atoms with van der Waals surface area (Å²) in [4.78, 5) is 0. The average Bonchev–Trinajstić information content (AvgIpc) is 3.18. The van der Waals surface area contributed by atoms with Gasteiger partial charge in [0.25, 0.3) is 0 Å². The number of nitrogens with zero attached hydrogens (tertiary/aromatic N) is 2. The monoisotopic (exact) mass is 291 g/mol. The third-order valence-electron chi connectivity index (χ3n) is 4.02. The lowest BCUT2D eigenvalue weighted by atomic mass is 10.1. The van der Waals surface area contributed by atoms with Gasteiger partial charge in [-0.2, -0.15) is 5.10 Å². The zero-order chi connectivity index (χ0) is 14.9. The number of aromatic nitrogens is 2. The van der Waals surface area contributed by atoms with E-state index in [9.17, 15) is 0 Å². The minimum absolute atomic E-state index is 0.851. The minimum atomic E-state index is 0.851. The number of anilines is 1. The van der Waals surface area contributed by atoms with Crippen LogP contribution >= 0.6 is 0 Å². The first kappa shape index (κ1) is 13.0. The van der Waals surface area contributed by atoms with Gasteiger partial charge < -0.3 is 10.1 Å². The predicted molar refractivity (Wildman–Crippen MR) is 87.7 cm³/mol. The van der Waals surface area contributed by atoms with Gasteiger partial charge in [-0.25, -0.2) is 4.68 Å². The molecular weight excluding hydrogens is 274 g/mol. The summed E-state index contributed by atoms with van der Waals surface area (Å²) in [6, 6.07) is 18.3. The zero-order valence-corrected chi connectivity index (χ0v) is 12.4. The Morgan fingerprint density at radius 3 is 2.55 bits per heavy atom. The van der Waals surface area contributed by atoms with Crippen molar-refractivity contribution in [1.82, 2.24) is 9.78 Å². The maximum absolute atomic E-state index is 5.23. The molecule has 0 atom stereocenters. The van der Waals surface area contributed by atoms with Crippen LogP contribution in [0.15, 0.2) is 54.6 Å². The molecule has 0 bridgehead atoms. The topological polar surface area (TPSA) is 39.1 Å². The van der Waals surface area contributed by atoms with Crippen molar-refractivity contribution >= 4 is 5.82 Å². The van der Waals surface area contributed by atoms with Gasteiger partial charge >= 0.3 is 0 Å². The second-order valence-corrected chi connectivity index (χ2v) is 5.33. The van der Waals surface area contributed by atoms with Crippen molar-refractivity contribution in [3.05, 3.63) is 60.2 Å². The molecule has 1 aliphatic rings. The van der Waals surface area contributed by atoms with E-state index in [4.69, 9.17) is 9.84 Å². The molecule has 4 nitrogen and oxygen atoms in total. The first-order valence-corrected chi connectivity index (χ1v) is 7.42. The highest BCUT2D eigenvalue weighted by Crippen LogP contribution is 2.34. The van der Waals surface area contributed by atoms with E-state index in [0.717, 1.165) is 41.5 Å². The van der Waals surface area contributed by atoms with E-state index in [2.05, 4.69) is 29.6 Å². The number of hydrogen-bond donors (Lipinski definition) is 1. The van der Waals surface area contributed by atoms with E-state index in [1.54, 1.807) is 7.11 Å². The van der Waals surface area contributed by atoms with Crippen LogP contribution in [0.2, 0.25) is 0 Å². The molecule has 0 spiro atoms. The number of methoxy groups -OCH3 is 1. The Bertz CT molecular complexity index is 791. The highest BCUT2D eigenvalue weighted by atomic mass is 16.5. The van der Waals surface area contributed by atoms with Crippen molar-refractivity contribution in [3.63, 3.8) is 0 Å². The average molecular weight is 291 g/mol. The molecule has 0 radical (unpaired) electrons. The molecule has 0 amide bonds. The SMILES string of the molecule is COc1ccc(-n2nc(-c3ccccc3)c3c2NCC3)cc1. The van der Waals surface area contributed by atoms with E-state index in [0.29, 0.717) is 0 Å². The van der Waals surface area contributed by atoms with Crippen LogP contribution in [0, 0.1) is 0 Å². The van der Waals surface area contributed by atoms with Crippen molar-refractivity contribution in [2.24, 2.45) is 0 Å². The van der Waals surface area contributed by atoms with E-state index < -0.39 is 0 Å². The van der Waals surface area contributed by atoms with Crippen molar-refractivity contribution in [3.8, 4) is 22.7 Å². The maximum atomic E-state index is 5.23. The number of hydrogen-bond acceptors (Lipinski definition) is 3. The number of fused-ring (bicyclic) bond motifs is 1. The molecule has 0 saturated carbocycles. The number of ether oxygens (including phenoxy) is 1. The molecule has 2 heterocycles. The standard InChI is InChI=1S/C18H17N3O/c1-22-15-9-7-14(8-10-15)21-18-16(11-12-19-18)17(20-21)13-5-3-2-4-6-13/h2-10,19H,11-12H2,1H3. The molecule has 0 saturated heterocycles. The zero-order valence-electron chi connectivity index (χ0n) is 12.4. The third-order valence-corrected chi connectivity index (χ3v) is 4.02. The third kappa shape index (κ3) is 2.04. The smallest absolute Gasteiger partial charge is 0.133 e. The minimum Gasteiger partial charge on any atom is -0.497 e. The predicted octanol–water partition coefficient (Wildman–Crippen LogP) is 3.52. The molecule has 1 aromatic heterocycles. The molecule has 3 aromatic rings. The molecule has 1 N–H and O–H groups in total. The molecular formula is C18H17N3O. The Kier molecular flexibility index (Phi) is 3.07. The van der Waals surface area contributed by atoms with Crippen molar-refractivity contribution in [1.29, 1.82) is 0 Å². The van der Waals surface area contributed by atoms with Gasteiger partial charge in [-0.1, -0.05) is 30.3 Å². The first-order valence-electron chi connectivity index (χ1n) is 7.42. The van der Waals surface area contributed by atoms with Crippen LogP contribution in [-0.2, 0) is 6.42 Å². The Labute approximate surface area is 129 Å². The van der Waals surface area contributed by atoms with Gasteiger partial charge in [0.15, 0.2) is 0 Å². The van der Waals surface area contributed by atoms with Crippen LogP contribution < -0.4 is 10.1 Å². The molecule has 0 aliphatic carbocycles. The maximum Gasteiger partial charge on any atom is 0.133 e. The van der Waals surface area contributed by atoms with Gasteiger partial charge in [0.05, 0.1) is 18.5 Å². The summed E-state index contributed by atoms with van der Waals surface area (Å²) >= 11 is 0. The lowest BCUT2D eigenvalue weighted by Gasteiger charge is -2.07. The van der Waals surface area contributed by atoms with Gasteiger partial charge in [0, 0.05) is 17.7 Å². The van der Waals surface area contributed by atoms with E-state index >= 15 is 0 Å². The van der Waals surface area contributed by atoms with E-state index in [-0.39, 0.29) is 0 Å². The van der Waals surface area contributed by atoms with Gasteiger partial charge in [-0.05, 0) is 30.7 Å². The fraction of sp³-hybridized carbons (Fsp3) is 0.167. The number of benzene rings is 2. The lowest BCUT2D eigenvalue weighted by molar-refractivity contribution is 0.414. The fourth-order valence-corrected chi connectivity index (χ4v) is 2.91. The van der Waals surface area contributed by atoms with E-state index in [1.165, 1.54) is 5.56 Å². The van der Waals surface area contributed by atoms with Gasteiger partial charge in [-0.3, -0.25) is 0 Å². The van der Waals surface area contributed by atoms with E-state index in [1.807, 2.05) is 35.0 Å². The molecule has 1 aliphatic heterocycles. The molecule has 4 rings (SSSR count). The van der Waals surface area contributed by atoms with Crippen molar-refractivity contribution < 1.29 is 4.74 Å². The number of nitrogens with one attached hydrogen (secondary N) is 1. The van der Waals surface area contributed by atoms with Crippen molar-refractivity contribution in [2.45, 2.75) is 6.42 Å². The summed E-state index contributed by atoms with van der Waals surface area (Å²) in [6.45, 7) is 0.961. The Balaban J connectivity index is 1.84. The van der Waals surface area contributed by atoms with Crippen LogP contribution in [0.25, 0.3) is 16.9 Å². The van der Waals surface area contributed by atoms with Crippen LogP contribution in [0.1, 0.15) is 5.56 Å². The molecule has 110 valence electrons. The summed E-state index contributed by atoms with van der Waals surface area (Å²) in [5, 5.41) is 8.30. The largest absolute Gasteiger partial charge is 0.497 e. The Morgan fingerprint density at radius 1 is 1.05 bits per heavy atom. The van der Waals surface area contributed by atoms with Crippen molar-refractivity contribution in [2.75, 3.05) is 19.0 Å². The summed E-state index contributed by atoms with van der Waals surface area (Å²) in [6.07, 6.45) is 1.01. The van der Waals surface area contributed by atoms with Crippen LogP contribution in [0.5, 0.6) is 5.75 Å². The summed E-state index contributed by atoms with van der Waals surface area (Å²) in [5.41, 5.74) is 4.56. The highest BCUT2D eigenvalue weighted by Gasteiger charge is 2.23. The lowest BCUT2D eigenvalue weighted by Crippen LogP contribution is -2.04. The highest BCUT2D eigenvalue weighted by molar-refractivity contribution is 5.72. The van der Waals surface area contributed by atoms with Gasteiger partial charge in [0.2, 0.25) is 0 Å². The van der Waals surface area contributed by atoms with Gasteiger partial charge in [-0.15, -0.1) is 0 Å². The molecule has 4 heteroatoms. The Hall–Kier alpha value is -2.75.